The maximum Gasteiger partial charge on any atom is 0.247 e. The zero-order valence-corrected chi connectivity index (χ0v) is 16.7. The summed E-state index contributed by atoms with van der Waals surface area (Å²) in [6.45, 7) is 7.94. The normalized spacial score (nSPS) is 19.3. The average Bonchev–Trinajstić information content (AvgIpc) is 3.14. The van der Waals surface area contributed by atoms with Crippen LogP contribution >= 0.6 is 0 Å². The van der Waals surface area contributed by atoms with Crippen LogP contribution in [0.5, 0.6) is 0 Å². The van der Waals surface area contributed by atoms with E-state index in [1.807, 2.05) is 26.0 Å². The van der Waals surface area contributed by atoms with Crippen molar-refractivity contribution in [3.8, 4) is 0 Å². The van der Waals surface area contributed by atoms with E-state index >= 15 is 0 Å². The Morgan fingerprint density at radius 1 is 1.11 bits per heavy atom. The second-order valence-electron chi connectivity index (χ2n) is 7.90. The molecule has 0 spiro atoms. The smallest absolute Gasteiger partial charge is 0.247 e. The van der Waals surface area contributed by atoms with Crippen LogP contribution in [-0.2, 0) is 11.2 Å². The molecule has 2 N–H and O–H groups in total. The highest BCUT2D eigenvalue weighted by molar-refractivity contribution is 5.99. The molecule has 0 aliphatic carbocycles. The minimum Gasteiger partial charge on any atom is -0.373 e. The largest absolute Gasteiger partial charge is 0.373 e. The SMILES string of the molecule is Cc1ccc(N2CCN(C)CC2)cc1NC(=O)C1Cc2c(F)ccc(C)c2N1. The molecule has 28 heavy (non-hydrogen) atoms. The van der Waals surface area contributed by atoms with E-state index in [1.165, 1.54) is 6.07 Å². The first-order valence-corrected chi connectivity index (χ1v) is 9.82. The predicted molar refractivity (Wildman–Crippen MR) is 112 cm³/mol. The Labute approximate surface area is 165 Å². The Morgan fingerprint density at radius 3 is 2.54 bits per heavy atom. The van der Waals surface area contributed by atoms with Crippen LogP contribution in [0.4, 0.5) is 21.5 Å². The molecule has 1 fully saturated rings. The number of fused-ring (bicyclic) bond motifs is 1. The number of nitrogens with zero attached hydrogens (tertiary/aromatic N) is 2. The monoisotopic (exact) mass is 382 g/mol. The third-order valence-electron chi connectivity index (χ3n) is 5.85. The molecular formula is C22H27FN4O. The van der Waals surface area contributed by atoms with Crippen LogP contribution in [0.3, 0.4) is 0 Å². The van der Waals surface area contributed by atoms with Gasteiger partial charge in [-0.1, -0.05) is 12.1 Å². The molecule has 5 nitrogen and oxygen atoms in total. The molecule has 4 rings (SSSR count). The van der Waals surface area contributed by atoms with E-state index in [4.69, 9.17) is 0 Å². The van der Waals surface area contributed by atoms with Gasteiger partial charge in [0, 0.05) is 55.2 Å². The highest BCUT2D eigenvalue weighted by atomic mass is 19.1. The fourth-order valence-corrected chi connectivity index (χ4v) is 3.95. The molecular weight excluding hydrogens is 355 g/mol. The second-order valence-corrected chi connectivity index (χ2v) is 7.90. The Kier molecular flexibility index (Phi) is 4.98. The highest BCUT2D eigenvalue weighted by Gasteiger charge is 2.30. The molecule has 2 aliphatic heterocycles. The predicted octanol–water partition coefficient (Wildman–Crippen LogP) is 3.17. The standard InChI is InChI=1S/C22H27FN4O/c1-14-4-6-16(27-10-8-26(3)9-11-27)12-19(14)25-22(28)20-13-17-18(23)7-5-15(2)21(17)24-20/h4-7,12,20,24H,8-11,13H2,1-3H3,(H,25,28). The van der Waals surface area contributed by atoms with E-state index in [2.05, 4.69) is 33.5 Å². The summed E-state index contributed by atoms with van der Waals surface area (Å²) in [6.07, 6.45) is 0.367. The number of carbonyl (C=O) groups excluding carboxylic acids is 1. The Balaban J connectivity index is 1.49. The van der Waals surface area contributed by atoms with Crippen LogP contribution in [0.15, 0.2) is 30.3 Å². The lowest BCUT2D eigenvalue weighted by atomic mass is 10.1. The molecule has 0 aromatic heterocycles. The lowest BCUT2D eigenvalue weighted by Gasteiger charge is -2.34. The number of halogens is 1. The topological polar surface area (TPSA) is 47.6 Å². The molecule has 2 aromatic carbocycles. The number of carbonyl (C=O) groups is 1. The Hall–Kier alpha value is -2.60. The third-order valence-corrected chi connectivity index (χ3v) is 5.85. The number of piperazine rings is 1. The first-order valence-electron chi connectivity index (χ1n) is 9.82. The summed E-state index contributed by atoms with van der Waals surface area (Å²) >= 11 is 0. The van der Waals surface area contributed by atoms with Gasteiger partial charge in [-0.2, -0.15) is 0 Å². The molecule has 2 aliphatic rings. The van der Waals surface area contributed by atoms with Gasteiger partial charge in [-0.25, -0.2) is 4.39 Å². The van der Waals surface area contributed by atoms with Crippen molar-refractivity contribution in [2.75, 3.05) is 48.8 Å². The van der Waals surface area contributed by atoms with E-state index in [9.17, 15) is 9.18 Å². The van der Waals surface area contributed by atoms with Gasteiger partial charge in [0.05, 0.1) is 0 Å². The van der Waals surface area contributed by atoms with E-state index in [-0.39, 0.29) is 11.7 Å². The summed E-state index contributed by atoms with van der Waals surface area (Å²) in [5.41, 5.74) is 5.27. The number of hydrogen-bond acceptors (Lipinski definition) is 4. The van der Waals surface area contributed by atoms with Crippen LogP contribution in [0.1, 0.15) is 16.7 Å². The molecule has 0 saturated carbocycles. The fourth-order valence-electron chi connectivity index (χ4n) is 3.95. The first-order chi connectivity index (χ1) is 13.4. The van der Waals surface area contributed by atoms with E-state index in [1.54, 1.807) is 6.07 Å². The van der Waals surface area contributed by atoms with Gasteiger partial charge >= 0.3 is 0 Å². The zero-order valence-electron chi connectivity index (χ0n) is 16.7. The number of rotatable bonds is 3. The Bertz CT molecular complexity index is 875. The molecule has 1 atom stereocenters. The molecule has 1 amide bonds. The van der Waals surface area contributed by atoms with Gasteiger partial charge in [-0.15, -0.1) is 0 Å². The summed E-state index contributed by atoms with van der Waals surface area (Å²) in [5.74, 6) is -0.384. The number of nitrogens with one attached hydrogen (secondary N) is 2. The van der Waals surface area contributed by atoms with Gasteiger partial charge in [0.1, 0.15) is 11.9 Å². The summed E-state index contributed by atoms with van der Waals surface area (Å²) in [4.78, 5) is 17.5. The maximum atomic E-state index is 14.1. The van der Waals surface area contributed by atoms with E-state index < -0.39 is 6.04 Å². The lowest BCUT2D eigenvalue weighted by Crippen LogP contribution is -2.44. The molecule has 6 heteroatoms. The molecule has 2 aromatic rings. The second kappa shape index (κ2) is 7.43. The lowest BCUT2D eigenvalue weighted by molar-refractivity contribution is -0.116. The number of anilines is 3. The molecule has 148 valence electrons. The molecule has 1 saturated heterocycles. The summed E-state index contributed by atoms with van der Waals surface area (Å²) in [5, 5.41) is 6.25. The summed E-state index contributed by atoms with van der Waals surface area (Å²) in [7, 11) is 2.13. The minimum absolute atomic E-state index is 0.131. The first kappa shape index (κ1) is 18.7. The highest BCUT2D eigenvalue weighted by Crippen LogP contribution is 2.32. The molecule has 2 heterocycles. The number of likely N-dealkylation sites (N-methyl/N-ethyl adjacent to an activating group) is 1. The van der Waals surface area contributed by atoms with Crippen LogP contribution < -0.4 is 15.5 Å². The van der Waals surface area contributed by atoms with Crippen molar-refractivity contribution >= 4 is 23.0 Å². The van der Waals surface area contributed by atoms with Crippen molar-refractivity contribution in [3.63, 3.8) is 0 Å². The number of amides is 1. The fraction of sp³-hybridized carbons (Fsp3) is 0.409. The van der Waals surface area contributed by atoms with Gasteiger partial charge < -0.3 is 20.4 Å². The molecule has 0 radical (unpaired) electrons. The molecule has 0 bridgehead atoms. The van der Waals surface area contributed by atoms with Crippen molar-refractivity contribution < 1.29 is 9.18 Å². The van der Waals surface area contributed by atoms with Gasteiger partial charge in [0.25, 0.3) is 0 Å². The quantitative estimate of drug-likeness (QED) is 0.856. The van der Waals surface area contributed by atoms with Crippen LogP contribution in [0.25, 0.3) is 0 Å². The van der Waals surface area contributed by atoms with Crippen molar-refractivity contribution in [1.29, 1.82) is 0 Å². The van der Waals surface area contributed by atoms with E-state index in [0.29, 0.717) is 12.0 Å². The summed E-state index contributed by atoms with van der Waals surface area (Å²) < 4.78 is 14.1. The Morgan fingerprint density at radius 2 is 1.82 bits per heavy atom. The van der Waals surface area contributed by atoms with E-state index in [0.717, 1.165) is 54.4 Å². The van der Waals surface area contributed by atoms with Crippen molar-refractivity contribution in [1.82, 2.24) is 4.90 Å². The van der Waals surface area contributed by atoms with Crippen LogP contribution in [0, 0.1) is 19.7 Å². The van der Waals surface area contributed by atoms with Crippen molar-refractivity contribution in [2.45, 2.75) is 26.3 Å². The van der Waals surface area contributed by atoms with Crippen LogP contribution in [-0.4, -0.2) is 50.1 Å². The average molecular weight is 382 g/mol. The van der Waals surface area contributed by atoms with Crippen molar-refractivity contribution in [2.24, 2.45) is 0 Å². The van der Waals surface area contributed by atoms with Gasteiger partial charge in [-0.05, 0) is 50.2 Å². The number of hydrogen-bond donors (Lipinski definition) is 2. The number of benzene rings is 2. The summed E-state index contributed by atoms with van der Waals surface area (Å²) in [6, 6.07) is 8.96. The third kappa shape index (κ3) is 3.56. The van der Waals surface area contributed by atoms with Crippen LogP contribution in [0.2, 0.25) is 0 Å². The van der Waals surface area contributed by atoms with Gasteiger partial charge in [-0.3, -0.25) is 4.79 Å². The van der Waals surface area contributed by atoms with Gasteiger partial charge in [0.15, 0.2) is 0 Å². The van der Waals surface area contributed by atoms with Gasteiger partial charge in [0.2, 0.25) is 5.91 Å². The maximum absolute atomic E-state index is 14.1. The zero-order chi connectivity index (χ0) is 19.8. The molecule has 1 unspecified atom stereocenters. The minimum atomic E-state index is -0.461. The van der Waals surface area contributed by atoms with Crippen molar-refractivity contribution in [3.05, 3.63) is 52.8 Å². The number of aryl methyl sites for hydroxylation is 2.